The number of carbonyl (C=O) groups is 5. The third-order valence-electron chi connectivity index (χ3n) is 14.7. The van der Waals surface area contributed by atoms with Gasteiger partial charge in [0.2, 0.25) is 6.23 Å². The zero-order valence-electron chi connectivity index (χ0n) is 49.0. The Morgan fingerprint density at radius 2 is 0.961 bits per heavy atom. The van der Waals surface area contributed by atoms with Gasteiger partial charge in [-0.15, -0.1) is 4.37 Å². The van der Waals surface area contributed by atoms with Crippen LogP contribution in [-0.2, 0) is 47.7 Å². The maximum Gasteiger partial charge on any atom is 0.310 e. The van der Waals surface area contributed by atoms with Crippen LogP contribution in [0.5, 0.6) is 5.88 Å². The van der Waals surface area contributed by atoms with Crippen molar-refractivity contribution in [2.24, 2.45) is 5.92 Å². The predicted octanol–water partition coefficient (Wildman–Crippen LogP) is 15.3. The number of hydrogen-bond donors (Lipinski definition) is 0. The van der Waals surface area contributed by atoms with E-state index in [4.69, 9.17) is 28.4 Å². The van der Waals surface area contributed by atoms with Crippen LogP contribution in [0.3, 0.4) is 0 Å². The molecule has 0 fully saturated rings. The van der Waals surface area contributed by atoms with Gasteiger partial charge in [0.1, 0.15) is 25.5 Å². The van der Waals surface area contributed by atoms with Gasteiger partial charge in [-0.25, -0.2) is 0 Å². The van der Waals surface area contributed by atoms with E-state index < -0.39 is 24.3 Å². The Hall–Kier alpha value is -3.59. The smallest absolute Gasteiger partial charge is 0.310 e. The SMILES string of the molecule is CCCCCCCCCCCCCCCC(=O)OCC(COC(=O)CCCCCCCCCCCCCCC)OC(=O)CCCOC(=O)CC(C)CC(=O)O[C@H](C)[N+]1(C)CCC=C(c2nsnc2OCCCCCC)C1. The molecule has 2 rings (SSSR count). The van der Waals surface area contributed by atoms with Gasteiger partial charge < -0.3 is 28.4 Å². The van der Waals surface area contributed by atoms with Crippen molar-refractivity contribution in [2.75, 3.05) is 46.6 Å². The van der Waals surface area contributed by atoms with Gasteiger partial charge in [0, 0.05) is 51.0 Å². The molecule has 1 aliphatic rings. The first kappa shape index (κ1) is 68.5. The summed E-state index contributed by atoms with van der Waals surface area (Å²) in [6.07, 6.45) is 38.3. The first-order valence-corrected chi connectivity index (χ1v) is 31.5. The topological polar surface area (TPSA) is 167 Å². The summed E-state index contributed by atoms with van der Waals surface area (Å²) in [5.41, 5.74) is 1.79. The van der Waals surface area contributed by atoms with E-state index in [0.29, 0.717) is 23.5 Å². The van der Waals surface area contributed by atoms with Crippen molar-refractivity contribution in [1.82, 2.24) is 8.75 Å². The average Bonchev–Trinajstić information content (AvgIpc) is 3.87. The normalized spacial score (nSPS) is 15.2. The lowest BCUT2D eigenvalue weighted by Crippen LogP contribution is -2.55. The summed E-state index contributed by atoms with van der Waals surface area (Å²) in [6, 6.07) is 0. The summed E-state index contributed by atoms with van der Waals surface area (Å²) in [7, 11) is 2.07. The van der Waals surface area contributed by atoms with Crippen molar-refractivity contribution in [3.05, 3.63) is 11.8 Å². The van der Waals surface area contributed by atoms with E-state index in [1.165, 1.54) is 135 Å². The minimum Gasteiger partial charge on any atom is -0.475 e. The van der Waals surface area contributed by atoms with Gasteiger partial charge in [0.05, 0.1) is 38.5 Å². The summed E-state index contributed by atoms with van der Waals surface area (Å²) >= 11 is 1.14. The zero-order chi connectivity index (χ0) is 55.3. The number of carbonyl (C=O) groups excluding carboxylic acids is 5. The van der Waals surface area contributed by atoms with Gasteiger partial charge in [0.25, 0.3) is 5.88 Å². The highest BCUT2D eigenvalue weighted by Crippen LogP contribution is 2.32. The monoisotopic (exact) mass is 1090 g/mol. The van der Waals surface area contributed by atoms with Crippen LogP contribution in [0.25, 0.3) is 5.57 Å². The third kappa shape index (κ3) is 35.0. The summed E-state index contributed by atoms with van der Waals surface area (Å²) in [6.45, 7) is 12.0. The minimum absolute atomic E-state index is 0.0131. The van der Waals surface area contributed by atoms with Crippen LogP contribution in [-0.4, -0.2) is 102 Å². The summed E-state index contributed by atoms with van der Waals surface area (Å²) in [5.74, 6) is -1.93. The lowest BCUT2D eigenvalue weighted by atomic mass is 10.0. The summed E-state index contributed by atoms with van der Waals surface area (Å²) in [5, 5.41) is 0. The molecule has 3 atom stereocenters. The van der Waals surface area contributed by atoms with E-state index in [1.54, 1.807) is 6.92 Å². The first-order valence-electron chi connectivity index (χ1n) is 30.7. The number of nitrogens with zero attached hydrogens (tertiary/aromatic N) is 3. The van der Waals surface area contributed by atoms with Crippen LogP contribution in [0.4, 0.5) is 0 Å². The Morgan fingerprint density at radius 3 is 1.46 bits per heavy atom. The Balaban J connectivity index is 1.73. The molecule has 438 valence electrons. The van der Waals surface area contributed by atoms with E-state index in [2.05, 4.69) is 42.6 Å². The minimum atomic E-state index is -0.949. The van der Waals surface area contributed by atoms with E-state index in [9.17, 15) is 24.0 Å². The van der Waals surface area contributed by atoms with Gasteiger partial charge >= 0.3 is 29.8 Å². The van der Waals surface area contributed by atoms with Gasteiger partial charge in [-0.1, -0.05) is 207 Å². The molecular weight excluding hydrogens is 983 g/mol. The lowest BCUT2D eigenvalue weighted by Gasteiger charge is -2.41. The molecule has 14 nitrogen and oxygen atoms in total. The fourth-order valence-electron chi connectivity index (χ4n) is 9.64. The fourth-order valence-corrected chi connectivity index (χ4v) is 10.2. The van der Waals surface area contributed by atoms with Crippen molar-refractivity contribution in [1.29, 1.82) is 0 Å². The number of unbranched alkanes of at least 4 members (excludes halogenated alkanes) is 27. The number of esters is 5. The molecular formula is C61H108N3O11S+. The molecule has 1 aromatic heterocycles. The molecule has 0 saturated heterocycles. The molecule has 0 bridgehead atoms. The molecule has 76 heavy (non-hydrogen) atoms. The standard InChI is InChI=1S/C61H108N3O11S/c1-7-10-13-16-18-20-22-24-26-28-30-32-34-40-55(65)72-49-54(50-73-56(66)41-35-33-31-29-27-25-23-21-19-17-14-11-8-2)75-57(67)42-38-45-70-58(68)46-51(4)47-59(69)74-52(5)64(6)43-37-39-53(48-64)60-61(63-76-62-60)71-44-36-15-12-9-3/h39,51-52,54H,7-38,40-50H2,1-6H3/q+1/t51?,52-,64?/m1/s1. The first-order chi connectivity index (χ1) is 36.9. The molecule has 0 amide bonds. The van der Waals surface area contributed by atoms with Crippen molar-refractivity contribution in [3.63, 3.8) is 0 Å². The number of hydrogen-bond acceptors (Lipinski definition) is 14. The number of rotatable bonds is 50. The highest BCUT2D eigenvalue weighted by atomic mass is 32.1. The second kappa shape index (κ2) is 45.3. The van der Waals surface area contributed by atoms with Crippen LogP contribution < -0.4 is 4.74 Å². The molecule has 0 radical (unpaired) electrons. The summed E-state index contributed by atoms with van der Waals surface area (Å²) < 4.78 is 43.5. The Morgan fingerprint density at radius 1 is 0.513 bits per heavy atom. The zero-order valence-corrected chi connectivity index (χ0v) is 49.8. The molecule has 1 aliphatic heterocycles. The van der Waals surface area contributed by atoms with Crippen LogP contribution in [0, 0.1) is 5.92 Å². The van der Waals surface area contributed by atoms with E-state index in [-0.39, 0.29) is 82.2 Å². The lowest BCUT2D eigenvalue weighted by molar-refractivity contribution is -0.944. The molecule has 0 saturated carbocycles. The van der Waals surface area contributed by atoms with Crippen molar-refractivity contribution in [3.8, 4) is 5.88 Å². The Kier molecular flexibility index (Phi) is 40.8. The maximum atomic E-state index is 13.1. The summed E-state index contributed by atoms with van der Waals surface area (Å²) in [4.78, 5) is 64.3. The average molecular weight is 1090 g/mol. The van der Waals surface area contributed by atoms with Crippen LogP contribution >= 0.6 is 11.7 Å². The molecule has 0 aliphatic carbocycles. The Labute approximate surface area is 465 Å². The fraction of sp³-hybridized carbons (Fsp3) is 0.852. The molecule has 2 unspecified atom stereocenters. The van der Waals surface area contributed by atoms with Gasteiger partial charge in [-0.3, -0.25) is 28.5 Å². The van der Waals surface area contributed by atoms with Crippen LogP contribution in [0.1, 0.15) is 278 Å². The Bertz CT molecular complexity index is 1660. The predicted molar refractivity (Wildman–Crippen MR) is 305 cm³/mol. The highest BCUT2D eigenvalue weighted by Gasteiger charge is 2.37. The van der Waals surface area contributed by atoms with Gasteiger partial charge in [-0.2, -0.15) is 4.37 Å². The van der Waals surface area contributed by atoms with Crippen molar-refractivity contribution >= 4 is 47.1 Å². The van der Waals surface area contributed by atoms with E-state index >= 15 is 0 Å². The van der Waals surface area contributed by atoms with Crippen molar-refractivity contribution < 1.29 is 56.9 Å². The molecule has 1 aromatic rings. The molecule has 0 aromatic carbocycles. The van der Waals surface area contributed by atoms with Crippen LogP contribution in [0.15, 0.2) is 6.08 Å². The maximum absolute atomic E-state index is 13.1. The molecule has 2 heterocycles. The van der Waals surface area contributed by atoms with E-state index in [1.807, 2.05) is 6.92 Å². The van der Waals surface area contributed by atoms with Crippen LogP contribution in [0.2, 0.25) is 0 Å². The number of ether oxygens (including phenoxy) is 6. The highest BCUT2D eigenvalue weighted by molar-refractivity contribution is 6.99. The second-order valence-electron chi connectivity index (χ2n) is 22.1. The van der Waals surface area contributed by atoms with Gasteiger partial charge in [0.15, 0.2) is 6.10 Å². The van der Waals surface area contributed by atoms with Crippen molar-refractivity contribution in [2.45, 2.75) is 285 Å². The second-order valence-corrected chi connectivity index (χ2v) is 22.6. The quantitative estimate of drug-likeness (QED) is 0.0262. The number of likely N-dealkylation sites (N-methyl/N-ethyl adjacent to an activating group) is 1. The molecule has 15 heteroatoms. The van der Waals surface area contributed by atoms with Gasteiger partial charge in [-0.05, 0) is 31.6 Å². The number of quaternary nitrogens is 1. The van der Waals surface area contributed by atoms with E-state index in [0.717, 1.165) is 93.7 Å². The third-order valence-corrected chi connectivity index (χ3v) is 15.2. The molecule has 0 spiro atoms. The number of aromatic nitrogens is 2. The molecule has 0 N–H and O–H groups in total. The largest absolute Gasteiger partial charge is 0.475 e.